The highest BCUT2D eigenvalue weighted by atomic mass is 16.4. The van der Waals surface area contributed by atoms with Gasteiger partial charge >= 0.3 is 11.9 Å². The van der Waals surface area contributed by atoms with Crippen LogP contribution in [0.2, 0.25) is 0 Å². The second kappa shape index (κ2) is 9.65. The predicted octanol–water partition coefficient (Wildman–Crippen LogP) is 2.85. The van der Waals surface area contributed by atoms with Crippen LogP contribution >= 0.6 is 0 Å². The lowest BCUT2D eigenvalue weighted by molar-refractivity contribution is 0.0684. The molecule has 10 heteroatoms. The van der Waals surface area contributed by atoms with Crippen LogP contribution in [-0.2, 0) is 13.1 Å². The number of aromatic nitrogens is 4. The van der Waals surface area contributed by atoms with Gasteiger partial charge in [-0.15, -0.1) is 0 Å². The van der Waals surface area contributed by atoms with Gasteiger partial charge in [0, 0.05) is 36.9 Å². The summed E-state index contributed by atoms with van der Waals surface area (Å²) in [6.07, 6.45) is 2.69. The average Bonchev–Trinajstić information content (AvgIpc) is 2.79. The van der Waals surface area contributed by atoms with Crippen molar-refractivity contribution in [2.45, 2.75) is 40.8 Å². The summed E-state index contributed by atoms with van der Waals surface area (Å²) in [6.45, 7) is 8.53. The molecule has 4 heterocycles. The standard InChI is InChI=1S/2C12H12N2O3/c2*1-3-14-6-9(12(16)17)10(15)8-5-4-7(2)13-11(8)14/h2*4-6H,3H2,1-2H3,(H,16,17). The minimum absolute atomic E-state index is 0.218. The minimum Gasteiger partial charge on any atom is -0.477 e. The van der Waals surface area contributed by atoms with Crippen molar-refractivity contribution in [2.75, 3.05) is 0 Å². The summed E-state index contributed by atoms with van der Waals surface area (Å²) in [5.41, 5.74) is 1.25. The average molecular weight is 464 g/mol. The minimum atomic E-state index is -1.21. The van der Waals surface area contributed by atoms with Crippen LogP contribution in [0.3, 0.4) is 0 Å². The van der Waals surface area contributed by atoms with E-state index >= 15 is 0 Å². The van der Waals surface area contributed by atoms with Gasteiger partial charge in [-0.1, -0.05) is 0 Å². The van der Waals surface area contributed by atoms with Gasteiger partial charge in [0.1, 0.15) is 22.4 Å². The zero-order chi connectivity index (χ0) is 25.2. The first kappa shape index (κ1) is 24.3. The molecule has 0 atom stereocenters. The Bertz CT molecular complexity index is 1430. The molecule has 0 aliphatic carbocycles. The molecule has 0 aromatic carbocycles. The Hall–Kier alpha value is -4.34. The van der Waals surface area contributed by atoms with E-state index in [9.17, 15) is 19.2 Å². The molecule has 4 aromatic heterocycles. The first-order valence-corrected chi connectivity index (χ1v) is 10.6. The van der Waals surface area contributed by atoms with Gasteiger partial charge in [-0.2, -0.15) is 0 Å². The van der Waals surface area contributed by atoms with E-state index in [1.165, 1.54) is 12.4 Å². The third kappa shape index (κ3) is 4.56. The quantitative estimate of drug-likeness (QED) is 0.469. The van der Waals surface area contributed by atoms with Crippen molar-refractivity contribution in [2.24, 2.45) is 0 Å². The Labute approximate surface area is 193 Å². The summed E-state index contributed by atoms with van der Waals surface area (Å²) in [5.74, 6) is -2.42. The molecule has 0 unspecified atom stereocenters. The fourth-order valence-electron chi connectivity index (χ4n) is 3.51. The highest BCUT2D eigenvalue weighted by molar-refractivity contribution is 5.92. The summed E-state index contributed by atoms with van der Waals surface area (Å²) < 4.78 is 3.35. The van der Waals surface area contributed by atoms with E-state index in [1.54, 1.807) is 33.4 Å². The number of hydrogen-bond acceptors (Lipinski definition) is 6. The second-order valence-corrected chi connectivity index (χ2v) is 7.57. The van der Waals surface area contributed by atoms with Crippen molar-refractivity contribution in [3.63, 3.8) is 0 Å². The van der Waals surface area contributed by atoms with Crippen LogP contribution in [0.1, 0.15) is 46.0 Å². The third-order valence-electron chi connectivity index (χ3n) is 5.26. The molecule has 0 amide bonds. The maximum Gasteiger partial charge on any atom is 0.341 e. The molecule has 0 bridgehead atoms. The van der Waals surface area contributed by atoms with E-state index in [2.05, 4.69) is 9.97 Å². The molecule has 2 N–H and O–H groups in total. The van der Waals surface area contributed by atoms with Gasteiger partial charge in [0.2, 0.25) is 10.9 Å². The molecule has 0 saturated heterocycles. The van der Waals surface area contributed by atoms with E-state index in [0.717, 1.165) is 11.4 Å². The summed E-state index contributed by atoms with van der Waals surface area (Å²) in [4.78, 5) is 54.3. The van der Waals surface area contributed by atoms with Crippen molar-refractivity contribution < 1.29 is 19.8 Å². The molecule has 0 saturated carbocycles. The Morgan fingerprint density at radius 3 is 1.38 bits per heavy atom. The third-order valence-corrected chi connectivity index (χ3v) is 5.26. The number of nitrogens with zero attached hydrogens (tertiary/aromatic N) is 4. The van der Waals surface area contributed by atoms with Crippen molar-refractivity contribution in [1.29, 1.82) is 0 Å². The first-order chi connectivity index (χ1) is 16.1. The first-order valence-electron chi connectivity index (χ1n) is 10.6. The molecule has 0 aliphatic heterocycles. The van der Waals surface area contributed by atoms with Crippen LogP contribution in [0.4, 0.5) is 0 Å². The number of rotatable bonds is 4. The second-order valence-electron chi connectivity index (χ2n) is 7.57. The van der Waals surface area contributed by atoms with Crippen LogP contribution < -0.4 is 10.9 Å². The summed E-state index contributed by atoms with van der Waals surface area (Å²) in [7, 11) is 0. The fraction of sp³-hybridized carbons (Fsp3) is 0.250. The number of pyridine rings is 4. The lowest BCUT2D eigenvalue weighted by Crippen LogP contribution is -2.19. The molecule has 34 heavy (non-hydrogen) atoms. The van der Waals surface area contributed by atoms with Gasteiger partial charge in [-0.3, -0.25) is 9.59 Å². The van der Waals surface area contributed by atoms with Gasteiger partial charge in [0.15, 0.2) is 0 Å². The Kier molecular flexibility index (Phi) is 6.90. The lowest BCUT2D eigenvalue weighted by Gasteiger charge is -2.09. The number of aromatic carboxylic acids is 2. The largest absolute Gasteiger partial charge is 0.477 e. The van der Waals surface area contributed by atoms with E-state index < -0.39 is 22.8 Å². The Balaban J connectivity index is 0.000000191. The molecule has 4 rings (SSSR count). The van der Waals surface area contributed by atoms with Crippen LogP contribution in [-0.4, -0.2) is 41.3 Å². The maximum atomic E-state index is 11.9. The number of hydrogen-bond donors (Lipinski definition) is 2. The highest BCUT2D eigenvalue weighted by Crippen LogP contribution is 2.12. The molecule has 4 aromatic rings. The van der Waals surface area contributed by atoms with E-state index in [0.29, 0.717) is 35.2 Å². The molecule has 0 aliphatic rings. The lowest BCUT2D eigenvalue weighted by atomic mass is 10.2. The monoisotopic (exact) mass is 464 g/mol. The van der Waals surface area contributed by atoms with Crippen molar-refractivity contribution in [3.8, 4) is 0 Å². The van der Waals surface area contributed by atoms with Gasteiger partial charge in [-0.05, 0) is 52.0 Å². The van der Waals surface area contributed by atoms with Gasteiger partial charge in [0.25, 0.3) is 0 Å². The number of carboxylic acid groups (broad SMARTS) is 2. The van der Waals surface area contributed by atoms with Gasteiger partial charge in [-0.25, -0.2) is 19.6 Å². The number of carboxylic acids is 2. The van der Waals surface area contributed by atoms with Gasteiger partial charge in [0.05, 0.1) is 10.8 Å². The van der Waals surface area contributed by atoms with E-state index in [1.807, 2.05) is 27.7 Å². The molecule has 176 valence electrons. The smallest absolute Gasteiger partial charge is 0.341 e. The Morgan fingerprint density at radius 1 is 0.735 bits per heavy atom. The van der Waals surface area contributed by atoms with Crippen molar-refractivity contribution >= 4 is 34.0 Å². The SMILES string of the molecule is CCn1cc(C(=O)O)c(=O)c2ccc(C)nc21.CCn1cc(C(=O)O)c(=O)c2ccc(C)nc21. The van der Waals surface area contributed by atoms with Crippen LogP contribution in [0.5, 0.6) is 0 Å². The normalized spacial score (nSPS) is 10.7. The van der Waals surface area contributed by atoms with Crippen molar-refractivity contribution in [3.05, 3.63) is 79.6 Å². The van der Waals surface area contributed by atoms with Crippen LogP contribution in [0.25, 0.3) is 22.1 Å². The molecule has 10 nitrogen and oxygen atoms in total. The Morgan fingerprint density at radius 2 is 1.09 bits per heavy atom. The highest BCUT2D eigenvalue weighted by Gasteiger charge is 2.15. The number of aryl methyl sites for hydroxylation is 4. The zero-order valence-electron chi connectivity index (χ0n) is 19.2. The number of carbonyl (C=O) groups is 2. The summed E-state index contributed by atoms with van der Waals surface area (Å²) in [5, 5.41) is 18.6. The molecule has 0 spiro atoms. The topological polar surface area (TPSA) is 144 Å². The van der Waals surface area contributed by atoms with Gasteiger partial charge < -0.3 is 19.3 Å². The van der Waals surface area contributed by atoms with Crippen molar-refractivity contribution in [1.82, 2.24) is 19.1 Å². The zero-order valence-corrected chi connectivity index (χ0v) is 19.2. The number of fused-ring (bicyclic) bond motifs is 2. The maximum absolute atomic E-state index is 11.9. The summed E-state index contributed by atoms with van der Waals surface area (Å²) >= 11 is 0. The van der Waals surface area contributed by atoms with Crippen LogP contribution in [0, 0.1) is 13.8 Å². The summed E-state index contributed by atoms with van der Waals surface area (Å²) in [6, 6.07) is 6.65. The molecule has 0 radical (unpaired) electrons. The molecular formula is C24H24N4O6. The fourth-order valence-corrected chi connectivity index (χ4v) is 3.51. The predicted molar refractivity (Wildman–Crippen MR) is 127 cm³/mol. The van der Waals surface area contributed by atoms with Crippen LogP contribution in [0.15, 0.2) is 46.2 Å². The van der Waals surface area contributed by atoms with E-state index in [-0.39, 0.29) is 11.1 Å². The molecular weight excluding hydrogens is 440 g/mol. The van der Waals surface area contributed by atoms with E-state index in [4.69, 9.17) is 10.2 Å². The molecule has 0 fully saturated rings.